The first-order chi connectivity index (χ1) is 21.2. The van der Waals surface area contributed by atoms with Gasteiger partial charge in [0.25, 0.3) is 5.69 Å². The molecule has 0 saturated heterocycles. The minimum Gasteiger partial charge on any atom is -0.480 e. The lowest BCUT2D eigenvalue weighted by Crippen LogP contribution is -2.43. The molecule has 222 valence electrons. The molecule has 1 aromatic heterocycles. The number of carbonyl (C=O) groups is 2. The van der Waals surface area contributed by atoms with Gasteiger partial charge >= 0.3 is 12.1 Å². The predicted molar refractivity (Wildman–Crippen MR) is 160 cm³/mol. The van der Waals surface area contributed by atoms with Gasteiger partial charge in [-0.15, -0.1) is 0 Å². The van der Waals surface area contributed by atoms with Gasteiger partial charge in [-0.1, -0.05) is 78.9 Å². The quantitative estimate of drug-likeness (QED) is 0.146. The minimum atomic E-state index is -4.52. The molecule has 1 atom stereocenters. The molecule has 4 aromatic carbocycles. The van der Waals surface area contributed by atoms with Crippen molar-refractivity contribution >= 4 is 38.5 Å². The summed E-state index contributed by atoms with van der Waals surface area (Å²) in [5, 5.41) is 24.0. The Bertz CT molecular complexity index is 2010. The molecule has 1 aliphatic carbocycles. The predicted octanol–water partition coefficient (Wildman–Crippen LogP) is 5.44. The zero-order chi connectivity index (χ0) is 31.0. The van der Waals surface area contributed by atoms with E-state index in [0.29, 0.717) is 10.9 Å². The van der Waals surface area contributed by atoms with E-state index in [4.69, 9.17) is 4.74 Å². The third-order valence-corrected chi connectivity index (χ3v) is 9.55. The lowest BCUT2D eigenvalue weighted by atomic mass is 9.98. The summed E-state index contributed by atoms with van der Waals surface area (Å²) in [6, 6.07) is 25.4. The summed E-state index contributed by atoms with van der Waals surface area (Å²) < 4.78 is 33.1. The zero-order valence-corrected chi connectivity index (χ0v) is 23.8. The number of nitro benzene ring substituents is 1. The summed E-state index contributed by atoms with van der Waals surface area (Å²) in [5.41, 5.74) is 3.86. The van der Waals surface area contributed by atoms with Crippen LogP contribution >= 0.6 is 0 Å². The Balaban J connectivity index is 1.28. The average Bonchev–Trinajstić information content (AvgIpc) is 3.56. The van der Waals surface area contributed by atoms with E-state index in [1.165, 1.54) is 12.1 Å². The first-order valence-electron chi connectivity index (χ1n) is 13.6. The van der Waals surface area contributed by atoms with Crippen LogP contribution in [0.2, 0.25) is 0 Å². The number of ether oxygens (including phenoxy) is 1. The summed E-state index contributed by atoms with van der Waals surface area (Å²) in [4.78, 5) is 38.4. The van der Waals surface area contributed by atoms with Crippen molar-refractivity contribution < 1.29 is 32.8 Å². The van der Waals surface area contributed by atoms with Crippen molar-refractivity contribution in [2.45, 2.75) is 28.3 Å². The normalized spacial score (nSPS) is 13.2. The summed E-state index contributed by atoms with van der Waals surface area (Å²) in [5.74, 6) is -1.67. The monoisotopic (exact) mass is 611 g/mol. The number of aromatic amines is 1. The Labute approximate surface area is 251 Å². The summed E-state index contributed by atoms with van der Waals surface area (Å²) in [6.45, 7) is -0.0451. The number of sulfone groups is 1. The molecule has 6 rings (SSSR count). The van der Waals surface area contributed by atoms with E-state index in [2.05, 4.69) is 10.3 Å². The van der Waals surface area contributed by atoms with Gasteiger partial charge in [0.15, 0.2) is 4.90 Å². The number of para-hydroxylation sites is 2. The highest BCUT2D eigenvalue weighted by Crippen LogP contribution is 2.44. The molecule has 0 spiro atoms. The van der Waals surface area contributed by atoms with Crippen LogP contribution in [0, 0.1) is 10.1 Å². The number of nitrogens with one attached hydrogen (secondary N) is 2. The second-order valence-electron chi connectivity index (χ2n) is 10.3. The number of fused-ring (bicyclic) bond motifs is 4. The molecule has 1 aliphatic rings. The van der Waals surface area contributed by atoms with Gasteiger partial charge < -0.3 is 20.1 Å². The largest absolute Gasteiger partial charge is 0.480 e. The van der Waals surface area contributed by atoms with Gasteiger partial charge in [0, 0.05) is 29.3 Å². The van der Waals surface area contributed by atoms with E-state index in [0.717, 1.165) is 34.4 Å². The molecule has 1 heterocycles. The maximum atomic E-state index is 13.8. The van der Waals surface area contributed by atoms with Crippen molar-refractivity contribution in [3.8, 4) is 11.1 Å². The molecule has 0 radical (unpaired) electrons. The smallest absolute Gasteiger partial charge is 0.407 e. The number of aliphatic carboxylic acids is 1. The molecule has 0 saturated carbocycles. The fourth-order valence-corrected chi connectivity index (χ4v) is 7.40. The number of benzene rings is 4. The first kappa shape index (κ1) is 28.6. The fourth-order valence-electron chi connectivity index (χ4n) is 5.74. The number of nitro groups is 1. The van der Waals surface area contributed by atoms with Crippen LogP contribution in [0.5, 0.6) is 0 Å². The molecular formula is C32H25N3O8S. The van der Waals surface area contributed by atoms with Crippen molar-refractivity contribution in [3.63, 3.8) is 0 Å². The Hall–Kier alpha value is -5.49. The summed E-state index contributed by atoms with van der Waals surface area (Å²) in [6.07, 6.45) is -1.43. The van der Waals surface area contributed by atoms with E-state index >= 15 is 0 Å². The number of carboxylic acid groups (broad SMARTS) is 1. The van der Waals surface area contributed by atoms with Crippen LogP contribution < -0.4 is 5.32 Å². The van der Waals surface area contributed by atoms with Gasteiger partial charge in [0.2, 0.25) is 9.84 Å². The van der Waals surface area contributed by atoms with Gasteiger partial charge in [-0.2, -0.15) is 0 Å². The van der Waals surface area contributed by atoms with Gasteiger partial charge in [0.05, 0.1) is 4.92 Å². The van der Waals surface area contributed by atoms with Crippen molar-refractivity contribution in [2.24, 2.45) is 0 Å². The molecule has 11 nitrogen and oxygen atoms in total. The van der Waals surface area contributed by atoms with Crippen molar-refractivity contribution in [2.75, 3.05) is 6.61 Å². The zero-order valence-electron chi connectivity index (χ0n) is 23.0. The summed E-state index contributed by atoms with van der Waals surface area (Å²) in [7, 11) is -4.52. The highest BCUT2D eigenvalue weighted by atomic mass is 32.2. The van der Waals surface area contributed by atoms with Gasteiger partial charge in [-0.25, -0.2) is 18.0 Å². The minimum absolute atomic E-state index is 0.0451. The van der Waals surface area contributed by atoms with Crippen LogP contribution in [0.4, 0.5) is 10.5 Å². The van der Waals surface area contributed by atoms with Crippen molar-refractivity contribution in [1.29, 1.82) is 0 Å². The number of rotatable bonds is 9. The molecule has 44 heavy (non-hydrogen) atoms. The highest BCUT2D eigenvalue weighted by molar-refractivity contribution is 7.91. The molecule has 1 unspecified atom stereocenters. The second-order valence-corrected chi connectivity index (χ2v) is 12.1. The number of amides is 1. The lowest BCUT2D eigenvalue weighted by molar-refractivity contribution is -0.387. The van der Waals surface area contributed by atoms with Gasteiger partial charge in [0.1, 0.15) is 17.7 Å². The molecule has 3 N–H and O–H groups in total. The molecule has 0 aliphatic heterocycles. The maximum Gasteiger partial charge on any atom is 0.407 e. The first-order valence-corrected chi connectivity index (χ1v) is 15.1. The number of carboxylic acids is 1. The van der Waals surface area contributed by atoms with Crippen LogP contribution in [0.3, 0.4) is 0 Å². The van der Waals surface area contributed by atoms with Crippen LogP contribution in [0.1, 0.15) is 22.6 Å². The molecule has 12 heteroatoms. The summed E-state index contributed by atoms with van der Waals surface area (Å²) >= 11 is 0. The number of alkyl carbamates (subject to hydrolysis) is 1. The Morgan fingerprint density at radius 1 is 0.909 bits per heavy atom. The van der Waals surface area contributed by atoms with Crippen LogP contribution in [0.15, 0.2) is 107 Å². The number of hydrogen-bond donors (Lipinski definition) is 3. The highest BCUT2D eigenvalue weighted by Gasteiger charge is 2.34. The molecule has 1 amide bonds. The van der Waals surface area contributed by atoms with Gasteiger partial charge in [-0.3, -0.25) is 10.1 Å². The Kier molecular flexibility index (Phi) is 7.35. The molecule has 0 fully saturated rings. The molecular weight excluding hydrogens is 586 g/mol. The lowest BCUT2D eigenvalue weighted by Gasteiger charge is -2.18. The fraction of sp³-hybridized carbons (Fsp3) is 0.125. The van der Waals surface area contributed by atoms with Crippen molar-refractivity contribution in [3.05, 3.63) is 124 Å². The standard InChI is InChI=1S/C32H25N3O8S/c36-31(37)27(34-32(38)43-18-25-21-11-3-1-9-19(21)20-10-2-4-12-22(20)25)17-24-23-13-5-6-14-26(23)33-30(24)44(41,42)29-16-8-7-15-28(29)35(39)40/h1-16,25,27,33H,17-18H2,(H,34,38)(H,36,37). The number of hydrogen-bond acceptors (Lipinski definition) is 7. The van der Waals surface area contributed by atoms with E-state index < -0.39 is 54.9 Å². The third-order valence-electron chi connectivity index (χ3n) is 7.74. The second kappa shape index (κ2) is 11.3. The van der Waals surface area contributed by atoms with E-state index in [1.807, 2.05) is 48.5 Å². The van der Waals surface area contributed by atoms with E-state index in [9.17, 15) is 33.2 Å². The third kappa shape index (κ3) is 5.05. The molecule has 5 aromatic rings. The van der Waals surface area contributed by atoms with Crippen LogP contribution in [-0.2, 0) is 25.8 Å². The topological polar surface area (TPSA) is 169 Å². The average molecular weight is 612 g/mol. The Morgan fingerprint density at radius 3 is 2.16 bits per heavy atom. The number of H-pyrrole nitrogens is 1. The Morgan fingerprint density at radius 2 is 1.50 bits per heavy atom. The SMILES string of the molecule is O=C(NC(Cc1c(S(=O)(=O)c2ccccc2[N+](=O)[O-])[nH]c2ccccc12)C(=O)O)OCC1c2ccccc2-c2ccccc21. The number of carbonyl (C=O) groups excluding carboxylic acids is 1. The maximum absolute atomic E-state index is 13.8. The number of aromatic nitrogens is 1. The molecule has 0 bridgehead atoms. The van der Waals surface area contributed by atoms with Crippen LogP contribution in [0.25, 0.3) is 22.0 Å². The van der Waals surface area contributed by atoms with Gasteiger partial charge in [-0.05, 0) is 39.9 Å². The van der Waals surface area contributed by atoms with Crippen LogP contribution in [-0.4, -0.2) is 48.1 Å². The van der Waals surface area contributed by atoms with E-state index in [-0.39, 0.29) is 18.1 Å². The number of nitrogens with zero attached hydrogens (tertiary/aromatic N) is 1. The van der Waals surface area contributed by atoms with E-state index in [1.54, 1.807) is 24.3 Å². The van der Waals surface area contributed by atoms with Crippen molar-refractivity contribution in [1.82, 2.24) is 10.3 Å².